The number of likely N-dealkylation sites (tertiary alicyclic amines) is 1. The van der Waals surface area contributed by atoms with Gasteiger partial charge in [-0.05, 0) is 44.5 Å². The molecular formula is C17H22N4OS. The Labute approximate surface area is 140 Å². The van der Waals surface area contributed by atoms with Gasteiger partial charge in [-0.2, -0.15) is 0 Å². The SMILES string of the molecule is Cc1nc(CCN2CCCC2)sc1C(=O)NCc1cccnc1. The topological polar surface area (TPSA) is 58.1 Å². The first kappa shape index (κ1) is 16.1. The summed E-state index contributed by atoms with van der Waals surface area (Å²) in [5.74, 6) is -0.0451. The van der Waals surface area contributed by atoms with Crippen LogP contribution in [0.25, 0.3) is 0 Å². The molecule has 0 aliphatic carbocycles. The first-order chi connectivity index (χ1) is 11.2. The number of pyridine rings is 1. The molecule has 1 aliphatic heterocycles. The Hall–Kier alpha value is -1.79. The Kier molecular flexibility index (Phi) is 5.35. The summed E-state index contributed by atoms with van der Waals surface area (Å²) < 4.78 is 0. The lowest BCUT2D eigenvalue weighted by Crippen LogP contribution is -2.22. The summed E-state index contributed by atoms with van der Waals surface area (Å²) in [6.07, 6.45) is 7.03. The van der Waals surface area contributed by atoms with Gasteiger partial charge in [-0.3, -0.25) is 9.78 Å². The molecule has 1 N–H and O–H groups in total. The summed E-state index contributed by atoms with van der Waals surface area (Å²) in [7, 11) is 0. The number of hydrogen-bond donors (Lipinski definition) is 1. The first-order valence-corrected chi connectivity index (χ1v) is 8.90. The number of thiazole rings is 1. The number of hydrogen-bond acceptors (Lipinski definition) is 5. The molecule has 1 amide bonds. The number of rotatable bonds is 6. The van der Waals surface area contributed by atoms with Crippen LogP contribution in [-0.2, 0) is 13.0 Å². The van der Waals surface area contributed by atoms with Gasteiger partial charge < -0.3 is 10.2 Å². The molecule has 23 heavy (non-hydrogen) atoms. The minimum Gasteiger partial charge on any atom is -0.347 e. The van der Waals surface area contributed by atoms with Crippen molar-refractivity contribution >= 4 is 17.2 Å². The molecule has 1 aliphatic rings. The van der Waals surface area contributed by atoms with E-state index in [0.29, 0.717) is 6.54 Å². The maximum Gasteiger partial charge on any atom is 0.263 e. The van der Waals surface area contributed by atoms with E-state index < -0.39 is 0 Å². The third-order valence-electron chi connectivity index (χ3n) is 4.06. The predicted octanol–water partition coefficient (Wildman–Crippen LogP) is 2.41. The summed E-state index contributed by atoms with van der Waals surface area (Å²) in [4.78, 5) is 24.2. The summed E-state index contributed by atoms with van der Waals surface area (Å²) in [6.45, 7) is 5.84. The Balaban J connectivity index is 1.55. The average Bonchev–Trinajstić information content (AvgIpc) is 3.21. The van der Waals surface area contributed by atoms with E-state index in [1.807, 2.05) is 19.1 Å². The molecule has 2 aromatic rings. The highest BCUT2D eigenvalue weighted by atomic mass is 32.1. The Morgan fingerprint density at radius 2 is 2.22 bits per heavy atom. The normalized spacial score (nSPS) is 15.0. The minimum absolute atomic E-state index is 0.0451. The highest BCUT2D eigenvalue weighted by molar-refractivity contribution is 7.13. The van der Waals surface area contributed by atoms with Crippen molar-refractivity contribution < 1.29 is 4.79 Å². The molecule has 0 unspecified atom stereocenters. The smallest absolute Gasteiger partial charge is 0.263 e. The van der Waals surface area contributed by atoms with E-state index in [4.69, 9.17) is 0 Å². The van der Waals surface area contributed by atoms with E-state index in [1.165, 1.54) is 37.3 Å². The molecule has 1 fully saturated rings. The van der Waals surface area contributed by atoms with Crippen molar-refractivity contribution in [3.05, 3.63) is 45.7 Å². The van der Waals surface area contributed by atoms with E-state index in [1.54, 1.807) is 12.4 Å². The van der Waals surface area contributed by atoms with Crippen molar-refractivity contribution in [1.82, 2.24) is 20.2 Å². The number of nitrogens with one attached hydrogen (secondary N) is 1. The fourth-order valence-corrected chi connectivity index (χ4v) is 3.76. The van der Waals surface area contributed by atoms with Crippen LogP contribution >= 0.6 is 11.3 Å². The van der Waals surface area contributed by atoms with Crippen LogP contribution in [0.3, 0.4) is 0 Å². The number of nitrogens with zero attached hydrogens (tertiary/aromatic N) is 3. The summed E-state index contributed by atoms with van der Waals surface area (Å²) in [5.41, 5.74) is 1.83. The molecule has 122 valence electrons. The largest absolute Gasteiger partial charge is 0.347 e. The lowest BCUT2D eigenvalue weighted by atomic mass is 10.3. The second-order valence-electron chi connectivity index (χ2n) is 5.86. The second-order valence-corrected chi connectivity index (χ2v) is 6.95. The van der Waals surface area contributed by atoms with Crippen LogP contribution in [0.15, 0.2) is 24.5 Å². The highest BCUT2D eigenvalue weighted by Gasteiger charge is 2.17. The quantitative estimate of drug-likeness (QED) is 0.884. The molecule has 0 radical (unpaired) electrons. The minimum atomic E-state index is -0.0451. The van der Waals surface area contributed by atoms with Gasteiger partial charge in [0, 0.05) is 31.9 Å². The fraction of sp³-hybridized carbons (Fsp3) is 0.471. The van der Waals surface area contributed by atoms with E-state index >= 15 is 0 Å². The van der Waals surface area contributed by atoms with E-state index in [9.17, 15) is 4.79 Å². The van der Waals surface area contributed by atoms with Gasteiger partial charge in [-0.15, -0.1) is 11.3 Å². The average molecular weight is 330 g/mol. The van der Waals surface area contributed by atoms with Gasteiger partial charge in [0.1, 0.15) is 4.88 Å². The molecule has 3 rings (SSSR count). The van der Waals surface area contributed by atoms with Crippen LogP contribution in [0.1, 0.15) is 38.8 Å². The molecule has 5 nitrogen and oxygen atoms in total. The van der Waals surface area contributed by atoms with Crippen molar-refractivity contribution in [3.63, 3.8) is 0 Å². The Morgan fingerprint density at radius 3 is 2.96 bits per heavy atom. The number of amides is 1. The van der Waals surface area contributed by atoms with Crippen molar-refractivity contribution in [1.29, 1.82) is 0 Å². The number of aryl methyl sites for hydroxylation is 1. The highest BCUT2D eigenvalue weighted by Crippen LogP contribution is 2.19. The maximum absolute atomic E-state index is 12.3. The van der Waals surface area contributed by atoms with E-state index in [2.05, 4.69) is 20.2 Å². The first-order valence-electron chi connectivity index (χ1n) is 8.08. The molecule has 0 aromatic carbocycles. The monoisotopic (exact) mass is 330 g/mol. The predicted molar refractivity (Wildman–Crippen MR) is 91.6 cm³/mol. The molecular weight excluding hydrogens is 308 g/mol. The van der Waals surface area contributed by atoms with Crippen LogP contribution in [-0.4, -0.2) is 40.4 Å². The fourth-order valence-electron chi connectivity index (χ4n) is 2.80. The molecule has 0 saturated carbocycles. The van der Waals surface area contributed by atoms with Gasteiger partial charge >= 0.3 is 0 Å². The van der Waals surface area contributed by atoms with E-state index in [-0.39, 0.29) is 5.91 Å². The molecule has 0 spiro atoms. The van der Waals surface area contributed by atoms with Crippen molar-refractivity contribution in [2.24, 2.45) is 0 Å². The lowest BCUT2D eigenvalue weighted by molar-refractivity contribution is 0.0954. The van der Waals surface area contributed by atoms with Crippen LogP contribution < -0.4 is 5.32 Å². The zero-order valence-corrected chi connectivity index (χ0v) is 14.2. The number of carbonyl (C=O) groups excluding carboxylic acids is 1. The van der Waals surface area contributed by atoms with Gasteiger partial charge in [-0.1, -0.05) is 6.07 Å². The van der Waals surface area contributed by atoms with Gasteiger partial charge in [0.25, 0.3) is 5.91 Å². The Bertz CT molecular complexity index is 650. The van der Waals surface area contributed by atoms with Gasteiger partial charge in [0.05, 0.1) is 10.7 Å². The van der Waals surface area contributed by atoms with Crippen LogP contribution in [0, 0.1) is 6.92 Å². The molecule has 1 saturated heterocycles. The zero-order valence-electron chi connectivity index (χ0n) is 13.4. The van der Waals surface area contributed by atoms with Gasteiger partial charge in [0.15, 0.2) is 0 Å². The van der Waals surface area contributed by atoms with Crippen LogP contribution in [0.2, 0.25) is 0 Å². The zero-order chi connectivity index (χ0) is 16.1. The van der Waals surface area contributed by atoms with Crippen LogP contribution in [0.5, 0.6) is 0 Å². The second kappa shape index (κ2) is 7.66. The molecule has 0 atom stereocenters. The van der Waals surface area contributed by atoms with E-state index in [0.717, 1.165) is 34.1 Å². The molecule has 6 heteroatoms. The standard InChI is InChI=1S/C17H22N4OS/c1-13-16(17(22)19-12-14-5-4-7-18-11-14)23-15(20-13)6-10-21-8-2-3-9-21/h4-5,7,11H,2-3,6,8-10,12H2,1H3,(H,19,22). The third-order valence-corrected chi connectivity index (χ3v) is 5.28. The summed E-state index contributed by atoms with van der Waals surface area (Å²) >= 11 is 1.52. The number of aromatic nitrogens is 2. The third kappa shape index (κ3) is 4.36. The van der Waals surface area contributed by atoms with Gasteiger partial charge in [-0.25, -0.2) is 4.98 Å². The van der Waals surface area contributed by atoms with Crippen molar-refractivity contribution in [3.8, 4) is 0 Å². The van der Waals surface area contributed by atoms with Crippen LogP contribution in [0.4, 0.5) is 0 Å². The van der Waals surface area contributed by atoms with Gasteiger partial charge in [0.2, 0.25) is 0 Å². The maximum atomic E-state index is 12.3. The molecule has 2 aromatic heterocycles. The Morgan fingerprint density at radius 1 is 1.39 bits per heavy atom. The summed E-state index contributed by atoms with van der Waals surface area (Å²) in [5, 5.41) is 4.00. The van der Waals surface area contributed by atoms with Crippen molar-refractivity contribution in [2.75, 3.05) is 19.6 Å². The lowest BCUT2D eigenvalue weighted by Gasteiger charge is -2.12. The summed E-state index contributed by atoms with van der Waals surface area (Å²) in [6, 6.07) is 3.82. The molecule has 3 heterocycles. The number of carbonyl (C=O) groups is 1. The molecule has 0 bridgehead atoms. The van der Waals surface area contributed by atoms with Crippen molar-refractivity contribution in [2.45, 2.75) is 32.7 Å².